The maximum Gasteiger partial charge on any atom is 0.251 e. The molecule has 132 valence electrons. The molecule has 5 nitrogen and oxygen atoms in total. The van der Waals surface area contributed by atoms with Crippen molar-refractivity contribution < 1.29 is 14.3 Å². The highest BCUT2D eigenvalue weighted by Gasteiger charge is 2.12. The zero-order valence-corrected chi connectivity index (χ0v) is 14.9. The first kappa shape index (κ1) is 18.5. The van der Waals surface area contributed by atoms with Crippen LogP contribution in [0.2, 0.25) is 0 Å². The van der Waals surface area contributed by atoms with Gasteiger partial charge in [0.05, 0.1) is 6.61 Å². The van der Waals surface area contributed by atoms with Crippen LogP contribution in [0.1, 0.15) is 29.8 Å². The van der Waals surface area contributed by atoms with Gasteiger partial charge in [0, 0.05) is 31.3 Å². The van der Waals surface area contributed by atoms with Crippen LogP contribution in [0.5, 0.6) is 5.75 Å². The average Bonchev–Trinajstić information content (AvgIpc) is 2.59. The number of rotatable bonds is 7. The van der Waals surface area contributed by atoms with Gasteiger partial charge in [0.25, 0.3) is 5.91 Å². The number of aryl methyl sites for hydroxylation is 1. The van der Waals surface area contributed by atoms with Gasteiger partial charge in [-0.05, 0) is 50.2 Å². The van der Waals surface area contributed by atoms with Gasteiger partial charge in [-0.3, -0.25) is 9.59 Å². The number of anilines is 1. The summed E-state index contributed by atoms with van der Waals surface area (Å²) in [5.41, 5.74) is 2.43. The zero-order chi connectivity index (χ0) is 18.2. The fraction of sp³-hybridized carbons (Fsp3) is 0.300. The van der Waals surface area contributed by atoms with E-state index in [4.69, 9.17) is 4.74 Å². The molecule has 0 saturated heterocycles. The van der Waals surface area contributed by atoms with Crippen molar-refractivity contribution in [2.24, 2.45) is 0 Å². The van der Waals surface area contributed by atoms with E-state index in [9.17, 15) is 9.59 Å². The Hall–Kier alpha value is -2.82. The minimum absolute atomic E-state index is 0.0750. The second-order valence-corrected chi connectivity index (χ2v) is 5.72. The van der Waals surface area contributed by atoms with Crippen LogP contribution in [0.25, 0.3) is 0 Å². The highest BCUT2D eigenvalue weighted by Crippen LogP contribution is 2.19. The van der Waals surface area contributed by atoms with Crippen molar-refractivity contribution in [3.8, 4) is 5.75 Å². The topological polar surface area (TPSA) is 58.6 Å². The van der Waals surface area contributed by atoms with Crippen LogP contribution in [0.3, 0.4) is 0 Å². The number of ether oxygens (including phenoxy) is 1. The number of nitrogens with one attached hydrogen (secondary N) is 1. The van der Waals surface area contributed by atoms with Crippen molar-refractivity contribution in [3.63, 3.8) is 0 Å². The van der Waals surface area contributed by atoms with Gasteiger partial charge in [-0.1, -0.05) is 17.7 Å². The molecule has 2 aromatic rings. The SMILES string of the molecule is CCOc1ccc(N(CCNC(=O)c2cccc(C)c2)C(C)=O)cc1. The maximum absolute atomic E-state index is 12.2. The Morgan fingerprint density at radius 2 is 1.84 bits per heavy atom. The van der Waals surface area contributed by atoms with Crippen molar-refractivity contribution in [1.29, 1.82) is 0 Å². The van der Waals surface area contributed by atoms with E-state index in [2.05, 4.69) is 5.32 Å². The molecular formula is C20H24N2O3. The molecule has 2 aromatic carbocycles. The van der Waals surface area contributed by atoms with E-state index in [0.717, 1.165) is 17.0 Å². The first-order chi connectivity index (χ1) is 12.0. The Kier molecular flexibility index (Phi) is 6.57. The van der Waals surface area contributed by atoms with Gasteiger partial charge < -0.3 is 15.0 Å². The molecule has 0 saturated carbocycles. The zero-order valence-electron chi connectivity index (χ0n) is 14.9. The molecule has 0 atom stereocenters. The van der Waals surface area contributed by atoms with Gasteiger partial charge in [-0.2, -0.15) is 0 Å². The summed E-state index contributed by atoms with van der Waals surface area (Å²) in [6.45, 7) is 6.76. The molecule has 5 heteroatoms. The van der Waals surface area contributed by atoms with E-state index in [1.807, 2.05) is 56.3 Å². The van der Waals surface area contributed by atoms with Crippen LogP contribution in [0.15, 0.2) is 48.5 Å². The highest BCUT2D eigenvalue weighted by atomic mass is 16.5. The van der Waals surface area contributed by atoms with Gasteiger partial charge in [0.2, 0.25) is 5.91 Å². The molecule has 0 heterocycles. The summed E-state index contributed by atoms with van der Waals surface area (Å²) >= 11 is 0. The van der Waals surface area contributed by atoms with Gasteiger partial charge in [-0.15, -0.1) is 0 Å². The molecule has 25 heavy (non-hydrogen) atoms. The quantitative estimate of drug-likeness (QED) is 0.842. The van der Waals surface area contributed by atoms with Gasteiger partial charge in [0.1, 0.15) is 5.75 Å². The number of benzene rings is 2. The summed E-state index contributed by atoms with van der Waals surface area (Å²) in [5, 5.41) is 2.86. The Morgan fingerprint density at radius 1 is 1.12 bits per heavy atom. The third-order valence-corrected chi connectivity index (χ3v) is 3.74. The standard InChI is InChI=1S/C20H24N2O3/c1-4-25-19-10-8-18(9-11-19)22(16(3)23)13-12-21-20(24)17-7-5-6-15(2)14-17/h5-11,14H,4,12-13H2,1-3H3,(H,21,24). The van der Waals surface area contributed by atoms with Gasteiger partial charge in [-0.25, -0.2) is 0 Å². The third kappa shape index (κ3) is 5.35. The lowest BCUT2D eigenvalue weighted by Gasteiger charge is -2.21. The number of carbonyl (C=O) groups is 2. The van der Waals surface area contributed by atoms with E-state index >= 15 is 0 Å². The van der Waals surface area contributed by atoms with Crippen molar-refractivity contribution in [3.05, 3.63) is 59.7 Å². The summed E-state index contributed by atoms with van der Waals surface area (Å²) in [4.78, 5) is 25.7. The minimum Gasteiger partial charge on any atom is -0.494 e. The van der Waals surface area contributed by atoms with E-state index < -0.39 is 0 Å². The van der Waals surface area contributed by atoms with Crippen LogP contribution < -0.4 is 15.0 Å². The summed E-state index contributed by atoms with van der Waals surface area (Å²) in [6, 6.07) is 14.8. The number of amides is 2. The van der Waals surface area contributed by atoms with Crippen LogP contribution in [0.4, 0.5) is 5.69 Å². The Morgan fingerprint density at radius 3 is 2.44 bits per heavy atom. The lowest BCUT2D eigenvalue weighted by atomic mass is 10.1. The normalized spacial score (nSPS) is 10.2. The minimum atomic E-state index is -0.140. The van der Waals surface area contributed by atoms with E-state index in [-0.39, 0.29) is 11.8 Å². The van der Waals surface area contributed by atoms with Gasteiger partial charge in [0.15, 0.2) is 0 Å². The Bertz CT molecular complexity index is 726. The molecule has 0 aliphatic rings. The van der Waals surface area contributed by atoms with Crippen molar-refractivity contribution in [1.82, 2.24) is 5.32 Å². The number of nitrogens with zero attached hydrogens (tertiary/aromatic N) is 1. The first-order valence-electron chi connectivity index (χ1n) is 8.37. The summed E-state index contributed by atoms with van der Waals surface area (Å²) in [5.74, 6) is 0.551. The van der Waals surface area contributed by atoms with E-state index in [1.54, 1.807) is 11.0 Å². The number of hydrogen-bond donors (Lipinski definition) is 1. The fourth-order valence-electron chi connectivity index (χ4n) is 2.53. The molecule has 0 bridgehead atoms. The van der Waals surface area contributed by atoms with Crippen molar-refractivity contribution in [2.45, 2.75) is 20.8 Å². The van der Waals surface area contributed by atoms with Gasteiger partial charge >= 0.3 is 0 Å². The molecular weight excluding hydrogens is 316 g/mol. The Balaban J connectivity index is 1.95. The molecule has 0 aliphatic heterocycles. The molecule has 2 rings (SSSR count). The summed E-state index contributed by atoms with van der Waals surface area (Å²) in [6.07, 6.45) is 0. The van der Waals surface area contributed by atoms with Crippen LogP contribution >= 0.6 is 0 Å². The largest absolute Gasteiger partial charge is 0.494 e. The highest BCUT2D eigenvalue weighted by molar-refractivity contribution is 5.95. The molecule has 0 radical (unpaired) electrons. The Labute approximate surface area is 148 Å². The molecule has 1 N–H and O–H groups in total. The summed E-state index contributed by atoms with van der Waals surface area (Å²) < 4.78 is 5.41. The molecule has 0 fully saturated rings. The monoisotopic (exact) mass is 340 g/mol. The first-order valence-corrected chi connectivity index (χ1v) is 8.37. The summed E-state index contributed by atoms with van der Waals surface area (Å²) in [7, 11) is 0. The lowest BCUT2D eigenvalue weighted by molar-refractivity contribution is -0.116. The third-order valence-electron chi connectivity index (χ3n) is 3.74. The maximum atomic E-state index is 12.2. The van der Waals surface area contributed by atoms with E-state index in [0.29, 0.717) is 25.3 Å². The smallest absolute Gasteiger partial charge is 0.251 e. The lowest BCUT2D eigenvalue weighted by Crippen LogP contribution is -2.37. The molecule has 2 amide bonds. The number of hydrogen-bond acceptors (Lipinski definition) is 3. The molecule has 0 unspecified atom stereocenters. The van der Waals surface area contributed by atoms with Crippen molar-refractivity contribution in [2.75, 3.05) is 24.6 Å². The molecule has 0 aliphatic carbocycles. The fourth-order valence-corrected chi connectivity index (χ4v) is 2.53. The predicted octanol–water partition coefficient (Wildman–Crippen LogP) is 3.18. The second kappa shape index (κ2) is 8.87. The average molecular weight is 340 g/mol. The van der Waals surface area contributed by atoms with E-state index in [1.165, 1.54) is 6.92 Å². The van der Waals surface area contributed by atoms with Crippen molar-refractivity contribution >= 4 is 17.5 Å². The number of carbonyl (C=O) groups excluding carboxylic acids is 2. The second-order valence-electron chi connectivity index (χ2n) is 5.72. The van der Waals surface area contributed by atoms with Crippen LogP contribution in [-0.2, 0) is 4.79 Å². The molecule has 0 aromatic heterocycles. The van der Waals surface area contributed by atoms with Crippen LogP contribution in [-0.4, -0.2) is 31.5 Å². The molecule has 0 spiro atoms. The van der Waals surface area contributed by atoms with Crippen LogP contribution in [0, 0.1) is 6.92 Å². The predicted molar refractivity (Wildman–Crippen MR) is 99.2 cm³/mol.